The minimum absolute atomic E-state index is 0.609. The second-order valence-electron chi connectivity index (χ2n) is 5.03. The van der Waals surface area contributed by atoms with E-state index in [1.807, 2.05) is 0 Å². The summed E-state index contributed by atoms with van der Waals surface area (Å²) in [6.45, 7) is 8.47. The van der Waals surface area contributed by atoms with Gasteiger partial charge in [-0.25, -0.2) is 0 Å². The predicted molar refractivity (Wildman–Crippen MR) is 80.3 cm³/mol. The molecule has 0 radical (unpaired) electrons. The van der Waals surface area contributed by atoms with Crippen molar-refractivity contribution in [2.24, 2.45) is 5.92 Å². The van der Waals surface area contributed by atoms with E-state index in [1.54, 1.807) is 0 Å². The van der Waals surface area contributed by atoms with Gasteiger partial charge in [0.1, 0.15) is 0 Å². The van der Waals surface area contributed by atoms with E-state index >= 15 is 0 Å². The van der Waals surface area contributed by atoms with Crippen LogP contribution in [0.4, 0.5) is 0 Å². The predicted octanol–water partition coefficient (Wildman–Crippen LogP) is 6.29. The van der Waals surface area contributed by atoms with Gasteiger partial charge < -0.3 is 0 Å². The number of allylic oxidation sites excluding steroid dienone is 3. The topological polar surface area (TPSA) is 0 Å². The fourth-order valence-electron chi connectivity index (χ4n) is 2.06. The number of unbranched alkanes of at least 4 members (excludes halogenated alkanes) is 7. The van der Waals surface area contributed by atoms with Gasteiger partial charge in [-0.1, -0.05) is 77.0 Å². The summed E-state index contributed by atoms with van der Waals surface area (Å²) < 4.78 is 0. The maximum absolute atomic E-state index is 3.94. The lowest BCUT2D eigenvalue weighted by Gasteiger charge is -2.06. The summed E-state index contributed by atoms with van der Waals surface area (Å²) in [6.07, 6.45) is 20.3. The lowest BCUT2D eigenvalue weighted by molar-refractivity contribution is 0.589. The zero-order valence-electron chi connectivity index (χ0n) is 12.1. The van der Waals surface area contributed by atoms with E-state index in [0.717, 1.165) is 0 Å². The molecule has 0 heterocycles. The molecule has 0 nitrogen and oxygen atoms in total. The van der Waals surface area contributed by atoms with Gasteiger partial charge in [0, 0.05) is 0 Å². The molecule has 0 amide bonds. The van der Waals surface area contributed by atoms with Crippen molar-refractivity contribution in [3.05, 3.63) is 24.8 Å². The highest BCUT2D eigenvalue weighted by molar-refractivity contribution is 4.96. The summed E-state index contributed by atoms with van der Waals surface area (Å²) in [6, 6.07) is 0. The van der Waals surface area contributed by atoms with Crippen molar-refractivity contribution in [2.45, 2.75) is 78.1 Å². The van der Waals surface area contributed by atoms with Crippen LogP contribution in [-0.4, -0.2) is 0 Å². The van der Waals surface area contributed by atoms with Crippen LogP contribution < -0.4 is 0 Å². The van der Waals surface area contributed by atoms with Crippen molar-refractivity contribution in [1.82, 2.24) is 0 Å². The van der Waals surface area contributed by atoms with Gasteiger partial charge in [-0.15, -0.1) is 6.58 Å². The van der Waals surface area contributed by atoms with Gasteiger partial charge in [-0.3, -0.25) is 0 Å². The van der Waals surface area contributed by atoms with Crippen LogP contribution in [0.2, 0.25) is 0 Å². The van der Waals surface area contributed by atoms with Gasteiger partial charge in [0.05, 0.1) is 0 Å². The molecule has 0 saturated heterocycles. The smallest absolute Gasteiger partial charge is 0.00562 e. The van der Waals surface area contributed by atoms with Crippen molar-refractivity contribution in [3.8, 4) is 0 Å². The van der Waals surface area contributed by atoms with Gasteiger partial charge in [0.15, 0.2) is 0 Å². The molecule has 0 aliphatic carbocycles. The summed E-state index contributed by atoms with van der Waals surface area (Å²) in [5.74, 6) is 0.609. The molecule has 0 heteroatoms. The average Bonchev–Trinajstić information content (AvgIpc) is 2.36. The Morgan fingerprint density at radius 3 is 2.12 bits per heavy atom. The highest BCUT2D eigenvalue weighted by atomic mass is 14.0. The van der Waals surface area contributed by atoms with Crippen LogP contribution in [0.15, 0.2) is 24.8 Å². The third-order valence-corrected chi connectivity index (χ3v) is 3.30. The number of hydrogen-bond acceptors (Lipinski definition) is 0. The monoisotopic (exact) mass is 236 g/mol. The number of hydrogen-bond donors (Lipinski definition) is 0. The molecule has 0 fully saturated rings. The Morgan fingerprint density at radius 1 is 0.882 bits per heavy atom. The van der Waals surface area contributed by atoms with Gasteiger partial charge >= 0.3 is 0 Å². The second-order valence-corrected chi connectivity index (χ2v) is 5.03. The molecule has 100 valence electrons. The molecule has 1 atom stereocenters. The first kappa shape index (κ1) is 16.5. The molecular formula is C17H32. The number of rotatable bonds is 12. The van der Waals surface area contributed by atoms with Crippen LogP contribution in [0.5, 0.6) is 0 Å². The van der Waals surface area contributed by atoms with Crippen LogP contribution in [-0.2, 0) is 0 Å². The van der Waals surface area contributed by atoms with Gasteiger partial charge in [-0.05, 0) is 25.2 Å². The van der Waals surface area contributed by atoms with Crippen molar-refractivity contribution < 1.29 is 0 Å². The molecule has 0 rings (SSSR count). The molecule has 0 aromatic carbocycles. The Kier molecular flexibility index (Phi) is 13.1. The Labute approximate surface area is 109 Å². The van der Waals surface area contributed by atoms with Crippen molar-refractivity contribution >= 4 is 0 Å². The molecule has 17 heavy (non-hydrogen) atoms. The van der Waals surface area contributed by atoms with Gasteiger partial charge in [0.2, 0.25) is 0 Å². The minimum Gasteiger partial charge on any atom is -0.102 e. The fourth-order valence-corrected chi connectivity index (χ4v) is 2.06. The molecule has 0 aromatic heterocycles. The summed E-state index contributed by atoms with van der Waals surface area (Å²) >= 11 is 0. The highest BCUT2D eigenvalue weighted by Gasteiger charge is 1.98. The normalized spacial score (nSPS) is 13.1. The lowest BCUT2D eigenvalue weighted by Crippen LogP contribution is -1.91. The van der Waals surface area contributed by atoms with Crippen LogP contribution in [0.3, 0.4) is 0 Å². The summed E-state index contributed by atoms with van der Waals surface area (Å²) in [5, 5.41) is 0. The van der Waals surface area contributed by atoms with Crippen LogP contribution in [0.1, 0.15) is 78.1 Å². The Hall–Kier alpha value is -0.520. The summed E-state index contributed by atoms with van der Waals surface area (Å²) in [7, 11) is 0. The molecule has 0 aliphatic rings. The molecule has 0 aliphatic heterocycles. The zero-order valence-corrected chi connectivity index (χ0v) is 12.1. The molecule has 0 bridgehead atoms. The van der Waals surface area contributed by atoms with Crippen LogP contribution in [0.25, 0.3) is 0 Å². The third-order valence-electron chi connectivity index (χ3n) is 3.30. The minimum atomic E-state index is 0.609. The zero-order chi connectivity index (χ0) is 12.8. The third kappa shape index (κ3) is 11.7. The quantitative estimate of drug-likeness (QED) is 0.276. The molecule has 1 unspecified atom stereocenters. The molecule has 0 aromatic rings. The van der Waals surface area contributed by atoms with Crippen molar-refractivity contribution in [2.75, 3.05) is 0 Å². The average molecular weight is 236 g/mol. The standard InChI is InChI=1S/C17H32/c1-4-7-9-11-12-14-16-17(6-3)15-13-10-8-5-2/h6,14,16-17H,3-5,7-13,15H2,1-2H3. The molecule has 0 spiro atoms. The van der Waals surface area contributed by atoms with E-state index in [1.165, 1.54) is 64.2 Å². The van der Waals surface area contributed by atoms with E-state index in [2.05, 4.69) is 38.7 Å². The lowest BCUT2D eigenvalue weighted by atomic mass is 9.99. The Bertz CT molecular complexity index is 178. The SMILES string of the molecule is C=CC(C=CCCCCCC)CCCCCC. The van der Waals surface area contributed by atoms with E-state index in [4.69, 9.17) is 0 Å². The summed E-state index contributed by atoms with van der Waals surface area (Å²) in [5.41, 5.74) is 0. The molecular weight excluding hydrogens is 204 g/mol. The van der Waals surface area contributed by atoms with E-state index in [9.17, 15) is 0 Å². The molecule has 0 saturated carbocycles. The van der Waals surface area contributed by atoms with E-state index < -0.39 is 0 Å². The van der Waals surface area contributed by atoms with Crippen molar-refractivity contribution in [1.29, 1.82) is 0 Å². The molecule has 0 N–H and O–H groups in total. The first-order valence-corrected chi connectivity index (χ1v) is 7.64. The largest absolute Gasteiger partial charge is 0.102 e. The Balaban J connectivity index is 3.51. The maximum atomic E-state index is 3.94. The van der Waals surface area contributed by atoms with Gasteiger partial charge in [0.25, 0.3) is 0 Å². The second kappa shape index (κ2) is 13.5. The summed E-state index contributed by atoms with van der Waals surface area (Å²) in [4.78, 5) is 0. The van der Waals surface area contributed by atoms with Gasteiger partial charge in [-0.2, -0.15) is 0 Å². The van der Waals surface area contributed by atoms with Crippen LogP contribution in [0, 0.1) is 5.92 Å². The van der Waals surface area contributed by atoms with Crippen molar-refractivity contribution in [3.63, 3.8) is 0 Å². The van der Waals surface area contributed by atoms with Crippen LogP contribution >= 0.6 is 0 Å². The highest BCUT2D eigenvalue weighted by Crippen LogP contribution is 2.14. The first-order chi connectivity index (χ1) is 8.35. The van der Waals surface area contributed by atoms with E-state index in [0.29, 0.717) is 5.92 Å². The maximum Gasteiger partial charge on any atom is -0.00562 e. The Morgan fingerprint density at radius 2 is 1.53 bits per heavy atom. The van der Waals surface area contributed by atoms with E-state index in [-0.39, 0.29) is 0 Å². The first-order valence-electron chi connectivity index (χ1n) is 7.64. The fraction of sp³-hybridized carbons (Fsp3) is 0.765.